The number of nitrogens with zero attached hydrogens (tertiary/aromatic N) is 1. The van der Waals surface area contributed by atoms with Gasteiger partial charge in [-0.25, -0.2) is 4.79 Å². The number of rotatable bonds is 8. The first-order valence-corrected chi connectivity index (χ1v) is 14.5. The maximum absolute atomic E-state index is 13.5. The van der Waals surface area contributed by atoms with Gasteiger partial charge < -0.3 is 19.7 Å². The lowest BCUT2D eigenvalue weighted by Crippen LogP contribution is -2.60. The maximum Gasteiger partial charge on any atom is 0.416 e. The van der Waals surface area contributed by atoms with Gasteiger partial charge in [-0.3, -0.25) is 4.79 Å². The zero-order chi connectivity index (χ0) is 31.5. The van der Waals surface area contributed by atoms with E-state index in [-0.39, 0.29) is 30.6 Å². The molecule has 230 valence electrons. The highest BCUT2D eigenvalue weighted by Crippen LogP contribution is 2.34. The molecule has 1 N–H and O–H groups in total. The maximum atomic E-state index is 13.5. The summed E-state index contributed by atoms with van der Waals surface area (Å²) < 4.78 is 50.6. The topological polar surface area (TPSA) is 67.9 Å². The van der Waals surface area contributed by atoms with Crippen molar-refractivity contribution in [3.05, 3.63) is 108 Å². The van der Waals surface area contributed by atoms with E-state index in [2.05, 4.69) is 5.32 Å². The number of alkyl halides is 3. The van der Waals surface area contributed by atoms with Crippen molar-refractivity contribution in [2.24, 2.45) is 5.92 Å². The molecule has 6 nitrogen and oxygen atoms in total. The van der Waals surface area contributed by atoms with E-state index in [9.17, 15) is 22.8 Å². The van der Waals surface area contributed by atoms with Gasteiger partial charge >= 0.3 is 12.3 Å². The Hall–Kier alpha value is -4.37. The average molecular weight is 605 g/mol. The summed E-state index contributed by atoms with van der Waals surface area (Å²) in [6.07, 6.45) is -4.79. The van der Waals surface area contributed by atoms with Gasteiger partial charge in [-0.05, 0) is 72.5 Å². The molecule has 1 heterocycles. The zero-order valence-electron chi connectivity index (χ0n) is 24.9. The molecule has 9 heteroatoms. The lowest BCUT2D eigenvalue weighted by molar-refractivity contribution is -0.137. The van der Waals surface area contributed by atoms with E-state index in [0.717, 1.165) is 34.0 Å². The third-order valence-electron chi connectivity index (χ3n) is 7.52. The number of amides is 2. The van der Waals surface area contributed by atoms with Crippen molar-refractivity contribution in [2.45, 2.75) is 45.2 Å². The highest BCUT2D eigenvalue weighted by Gasteiger charge is 2.39. The van der Waals surface area contributed by atoms with Crippen LogP contribution in [-0.2, 0) is 22.3 Å². The first-order valence-electron chi connectivity index (χ1n) is 14.5. The summed E-state index contributed by atoms with van der Waals surface area (Å²) in [6, 6.07) is 25.3. The van der Waals surface area contributed by atoms with Crippen molar-refractivity contribution in [2.75, 3.05) is 19.7 Å². The van der Waals surface area contributed by atoms with E-state index in [1.54, 1.807) is 17.0 Å². The summed E-state index contributed by atoms with van der Waals surface area (Å²) in [4.78, 5) is 27.6. The second-order valence-electron chi connectivity index (χ2n) is 12.0. The normalized spacial score (nSPS) is 14.6. The number of carbonyl (C=O) groups is 2. The van der Waals surface area contributed by atoms with Crippen molar-refractivity contribution in [1.82, 2.24) is 10.2 Å². The largest absolute Gasteiger partial charge is 0.444 e. The molecule has 1 atom stereocenters. The third-order valence-corrected chi connectivity index (χ3v) is 7.52. The Morgan fingerprint density at radius 3 is 2.27 bits per heavy atom. The second-order valence-corrected chi connectivity index (χ2v) is 12.0. The minimum Gasteiger partial charge on any atom is -0.444 e. The van der Waals surface area contributed by atoms with E-state index in [1.807, 2.05) is 75.4 Å². The third kappa shape index (κ3) is 7.58. The van der Waals surface area contributed by atoms with Crippen LogP contribution in [0.1, 0.15) is 42.3 Å². The molecule has 4 aromatic carbocycles. The summed E-state index contributed by atoms with van der Waals surface area (Å²) >= 11 is 0. The number of likely N-dealkylation sites (tertiary alicyclic amines) is 1. The van der Waals surface area contributed by atoms with E-state index in [0.29, 0.717) is 30.8 Å². The Balaban J connectivity index is 1.30. The Bertz CT molecular complexity index is 1610. The van der Waals surface area contributed by atoms with Gasteiger partial charge in [-0.2, -0.15) is 13.2 Å². The van der Waals surface area contributed by atoms with Crippen molar-refractivity contribution >= 4 is 22.8 Å². The van der Waals surface area contributed by atoms with Gasteiger partial charge in [-0.1, -0.05) is 66.7 Å². The highest BCUT2D eigenvalue weighted by atomic mass is 19.4. The number of carbonyl (C=O) groups excluding carboxylic acids is 2. The molecule has 5 rings (SSSR count). The van der Waals surface area contributed by atoms with Crippen molar-refractivity contribution in [3.8, 4) is 11.1 Å². The van der Waals surface area contributed by atoms with E-state index >= 15 is 0 Å². The van der Waals surface area contributed by atoms with Crippen LogP contribution in [0.2, 0.25) is 0 Å². The minimum atomic E-state index is -4.41. The smallest absolute Gasteiger partial charge is 0.416 e. The van der Waals surface area contributed by atoms with Crippen molar-refractivity contribution in [3.63, 3.8) is 0 Å². The fraction of sp³-hybridized carbons (Fsp3) is 0.314. The lowest BCUT2D eigenvalue weighted by Gasteiger charge is -2.43. The summed E-state index contributed by atoms with van der Waals surface area (Å²) in [6.45, 7) is 6.97. The molecule has 4 aromatic rings. The first-order chi connectivity index (χ1) is 20.9. The number of fused-ring (bicyclic) bond motifs is 1. The van der Waals surface area contributed by atoms with E-state index in [1.165, 1.54) is 12.1 Å². The van der Waals surface area contributed by atoms with Crippen LogP contribution in [0.3, 0.4) is 0 Å². The minimum absolute atomic E-state index is 0.0195. The molecule has 0 bridgehead atoms. The number of hydrogen-bond acceptors (Lipinski definition) is 4. The molecule has 0 spiro atoms. The van der Waals surface area contributed by atoms with Gasteiger partial charge in [0.05, 0.1) is 24.8 Å². The molecule has 44 heavy (non-hydrogen) atoms. The van der Waals surface area contributed by atoms with Gasteiger partial charge in [-0.15, -0.1) is 0 Å². The van der Waals surface area contributed by atoms with Crippen LogP contribution in [0.5, 0.6) is 0 Å². The molecule has 1 fully saturated rings. The van der Waals surface area contributed by atoms with Crippen LogP contribution in [0.4, 0.5) is 18.0 Å². The molecule has 0 radical (unpaired) electrons. The second kappa shape index (κ2) is 12.7. The van der Waals surface area contributed by atoms with Crippen LogP contribution >= 0.6 is 0 Å². The SMILES string of the molecule is CC(C)(C)OC(=O)N1CC(C(COCc2ccccc2)NC(=O)c2ccc3c(-c4ccc(C(F)(F)F)cc4)cccc3c2)C1. The quantitative estimate of drug-likeness (QED) is 0.224. The number of halogens is 3. The highest BCUT2D eigenvalue weighted by molar-refractivity contribution is 6.02. The molecule has 0 saturated carbocycles. The molecular formula is C35H35F3N2O4. The van der Waals surface area contributed by atoms with Gasteiger partial charge in [0.1, 0.15) is 5.60 Å². The fourth-order valence-corrected chi connectivity index (χ4v) is 5.18. The van der Waals surface area contributed by atoms with E-state index in [4.69, 9.17) is 9.47 Å². The zero-order valence-corrected chi connectivity index (χ0v) is 24.9. The number of hydrogen-bond donors (Lipinski definition) is 1. The summed E-state index contributed by atoms with van der Waals surface area (Å²) in [5.41, 5.74) is 1.57. The number of benzene rings is 4. The molecule has 1 aliphatic rings. The van der Waals surface area contributed by atoms with Gasteiger partial charge in [0.15, 0.2) is 0 Å². The van der Waals surface area contributed by atoms with Crippen LogP contribution in [-0.4, -0.2) is 48.2 Å². The van der Waals surface area contributed by atoms with Gasteiger partial charge in [0.2, 0.25) is 0 Å². The van der Waals surface area contributed by atoms with Crippen LogP contribution < -0.4 is 5.32 Å². The predicted molar refractivity (Wildman–Crippen MR) is 163 cm³/mol. The monoisotopic (exact) mass is 604 g/mol. The van der Waals surface area contributed by atoms with Gasteiger partial charge in [0.25, 0.3) is 5.91 Å². The fourth-order valence-electron chi connectivity index (χ4n) is 5.18. The molecule has 0 aliphatic carbocycles. The summed E-state index contributed by atoms with van der Waals surface area (Å²) in [5, 5.41) is 4.71. The van der Waals surface area contributed by atoms with E-state index < -0.39 is 17.3 Å². The Kier molecular flexibility index (Phi) is 8.97. The molecule has 2 amide bonds. The number of nitrogens with one attached hydrogen (secondary N) is 1. The molecule has 1 unspecified atom stereocenters. The molecule has 0 aromatic heterocycles. The molecule has 1 aliphatic heterocycles. The molecular weight excluding hydrogens is 569 g/mol. The summed E-state index contributed by atoms with van der Waals surface area (Å²) in [7, 11) is 0. The standard InChI is InChI=1S/C35H35F3N2O4/c1-34(2,3)44-33(42)40-19-27(20-40)31(22-43-21-23-8-5-4-6-9-23)39-32(41)26-14-17-30-25(18-26)10-7-11-29(30)24-12-15-28(16-13-24)35(36,37)38/h4-18,27,31H,19-22H2,1-3H3,(H,39,41). The Labute approximate surface area is 254 Å². The Morgan fingerprint density at radius 1 is 0.909 bits per heavy atom. The first kappa shape index (κ1) is 31.1. The van der Waals surface area contributed by atoms with Crippen molar-refractivity contribution in [1.29, 1.82) is 0 Å². The van der Waals surface area contributed by atoms with Crippen LogP contribution in [0, 0.1) is 5.92 Å². The summed E-state index contributed by atoms with van der Waals surface area (Å²) in [5.74, 6) is -0.301. The van der Waals surface area contributed by atoms with Crippen LogP contribution in [0.15, 0.2) is 91.0 Å². The lowest BCUT2D eigenvalue weighted by atomic mass is 9.91. The Morgan fingerprint density at radius 2 is 1.61 bits per heavy atom. The van der Waals surface area contributed by atoms with Crippen molar-refractivity contribution < 1.29 is 32.2 Å². The predicted octanol–water partition coefficient (Wildman–Crippen LogP) is 7.71. The van der Waals surface area contributed by atoms with Crippen LogP contribution in [0.25, 0.3) is 21.9 Å². The number of ether oxygens (including phenoxy) is 2. The van der Waals surface area contributed by atoms with Gasteiger partial charge in [0, 0.05) is 24.6 Å². The molecule has 1 saturated heterocycles. The average Bonchev–Trinajstić information content (AvgIpc) is 2.95.